The Hall–Kier alpha value is -4.01. The number of fused-ring (bicyclic) bond motifs is 1. The number of aliphatic hydroxyl groups excluding tert-OH is 1. The molecule has 6 rings (SSSR count). The number of rotatable bonds is 9. The minimum absolute atomic E-state index is 0.285. The molecular formula is C35H39N3O5. The van der Waals surface area contributed by atoms with Crippen molar-refractivity contribution in [2.75, 3.05) is 17.2 Å². The first-order chi connectivity index (χ1) is 20.7. The fourth-order valence-corrected chi connectivity index (χ4v) is 7.83. The van der Waals surface area contributed by atoms with Crippen molar-refractivity contribution in [2.45, 2.75) is 69.7 Å². The van der Waals surface area contributed by atoms with Gasteiger partial charge in [-0.1, -0.05) is 73.7 Å². The highest BCUT2D eigenvalue weighted by Gasteiger charge is 2.79. The number of benzene rings is 3. The summed E-state index contributed by atoms with van der Waals surface area (Å²) >= 11 is 0. The van der Waals surface area contributed by atoms with Gasteiger partial charge >= 0.3 is 0 Å². The summed E-state index contributed by atoms with van der Waals surface area (Å²) in [6.07, 6.45) is 1.92. The summed E-state index contributed by atoms with van der Waals surface area (Å²) in [5, 5.41) is 16.8. The number of nitrogens with zero attached hydrogens (tertiary/aromatic N) is 1. The van der Waals surface area contributed by atoms with E-state index in [1.165, 1.54) is 4.90 Å². The van der Waals surface area contributed by atoms with Gasteiger partial charge in [0.25, 0.3) is 0 Å². The summed E-state index contributed by atoms with van der Waals surface area (Å²) in [5.74, 6) is -2.61. The molecule has 43 heavy (non-hydrogen) atoms. The molecule has 8 heteroatoms. The summed E-state index contributed by atoms with van der Waals surface area (Å²) < 4.78 is 6.90. The topological polar surface area (TPSA) is 108 Å². The van der Waals surface area contributed by atoms with Crippen LogP contribution < -0.4 is 10.6 Å². The van der Waals surface area contributed by atoms with Crippen molar-refractivity contribution in [3.8, 4) is 0 Å². The lowest BCUT2D eigenvalue weighted by molar-refractivity contribution is -0.148. The average molecular weight is 582 g/mol. The van der Waals surface area contributed by atoms with Crippen LogP contribution in [0.25, 0.3) is 0 Å². The van der Waals surface area contributed by atoms with E-state index in [0.717, 1.165) is 16.7 Å². The van der Waals surface area contributed by atoms with Crippen molar-refractivity contribution < 1.29 is 24.2 Å². The van der Waals surface area contributed by atoms with Crippen LogP contribution in [0.5, 0.6) is 0 Å². The Morgan fingerprint density at radius 1 is 0.930 bits per heavy atom. The molecule has 3 heterocycles. The fraction of sp³-hybridized carbons (Fsp3) is 0.400. The molecule has 3 N–H and O–H groups in total. The summed E-state index contributed by atoms with van der Waals surface area (Å²) in [4.78, 5) is 44.7. The van der Waals surface area contributed by atoms with Gasteiger partial charge in [-0.05, 0) is 68.4 Å². The van der Waals surface area contributed by atoms with Gasteiger partial charge in [-0.3, -0.25) is 14.4 Å². The second-order valence-electron chi connectivity index (χ2n) is 12.2. The standard InChI is InChI=1S/C35H39N3O5/c1-4-34-18-19-35(43-34)28(27(34)31(40)36-25-16-9-6-10-17-25)33(42)38(26(21-39)20-24-14-7-5-8-15-24)30(35)32(41)37-29-22(2)12-11-13-23(29)3/h5-17,26-28,30,39H,4,18-21H2,1-3H3,(H,36,40)(H,37,41)/t26-,27+,28+,30?,34-,35?/m1/s1. The van der Waals surface area contributed by atoms with Crippen LogP contribution in [0.3, 0.4) is 0 Å². The molecule has 3 aromatic rings. The third-order valence-electron chi connectivity index (χ3n) is 9.84. The van der Waals surface area contributed by atoms with Crippen LogP contribution in [0.15, 0.2) is 78.9 Å². The number of hydrogen-bond acceptors (Lipinski definition) is 5. The fourth-order valence-electron chi connectivity index (χ4n) is 7.83. The maximum Gasteiger partial charge on any atom is 0.250 e. The number of carbonyl (C=O) groups excluding carboxylic acids is 3. The van der Waals surface area contributed by atoms with E-state index in [9.17, 15) is 19.5 Å². The van der Waals surface area contributed by atoms with E-state index < -0.39 is 35.1 Å². The number of carbonyl (C=O) groups is 3. The van der Waals surface area contributed by atoms with Crippen LogP contribution in [0.2, 0.25) is 0 Å². The summed E-state index contributed by atoms with van der Waals surface area (Å²) in [7, 11) is 0. The zero-order valence-corrected chi connectivity index (χ0v) is 24.9. The molecular weight excluding hydrogens is 542 g/mol. The SMILES string of the molecule is CC[C@]12CCC3(O1)C(C(=O)Nc1c(C)cccc1C)N([C@@H](CO)Cc1ccccc1)C(=O)[C@@H]3[C@H]2C(=O)Nc1ccccc1. The molecule has 3 fully saturated rings. The third kappa shape index (κ3) is 4.73. The Morgan fingerprint density at radius 3 is 2.21 bits per heavy atom. The first kappa shape index (κ1) is 29.1. The normalized spacial score (nSPS) is 28.0. The highest BCUT2D eigenvalue weighted by molar-refractivity contribution is 6.05. The minimum Gasteiger partial charge on any atom is -0.394 e. The molecule has 2 bridgehead atoms. The number of hydrogen-bond donors (Lipinski definition) is 3. The molecule has 3 aromatic carbocycles. The smallest absolute Gasteiger partial charge is 0.250 e. The van der Waals surface area contributed by atoms with Crippen molar-refractivity contribution in [3.05, 3.63) is 95.6 Å². The molecule has 0 saturated carbocycles. The lowest BCUT2D eigenvalue weighted by Crippen LogP contribution is -2.57. The molecule has 224 valence electrons. The molecule has 8 nitrogen and oxygen atoms in total. The van der Waals surface area contributed by atoms with E-state index in [0.29, 0.717) is 37.1 Å². The van der Waals surface area contributed by atoms with Gasteiger partial charge in [0.05, 0.1) is 30.1 Å². The largest absolute Gasteiger partial charge is 0.394 e. The molecule has 3 aliphatic heterocycles. The van der Waals surface area contributed by atoms with Crippen LogP contribution in [0, 0.1) is 25.7 Å². The number of ether oxygens (including phenoxy) is 1. The molecule has 3 saturated heterocycles. The van der Waals surface area contributed by atoms with E-state index in [1.54, 1.807) is 0 Å². The number of amides is 3. The number of aryl methyl sites for hydroxylation is 2. The average Bonchev–Trinajstić information content (AvgIpc) is 3.62. The molecule has 2 unspecified atom stereocenters. The number of likely N-dealkylation sites (tertiary alicyclic amines) is 1. The Morgan fingerprint density at radius 2 is 1.58 bits per heavy atom. The van der Waals surface area contributed by atoms with Gasteiger partial charge < -0.3 is 25.4 Å². The van der Waals surface area contributed by atoms with Gasteiger partial charge in [-0.15, -0.1) is 0 Å². The molecule has 3 aliphatic rings. The van der Waals surface area contributed by atoms with E-state index in [-0.39, 0.29) is 24.3 Å². The Labute approximate surface area is 252 Å². The zero-order chi connectivity index (χ0) is 30.4. The monoisotopic (exact) mass is 581 g/mol. The van der Waals surface area contributed by atoms with E-state index in [2.05, 4.69) is 10.6 Å². The number of nitrogens with one attached hydrogen (secondary N) is 2. The first-order valence-electron chi connectivity index (χ1n) is 15.1. The predicted molar refractivity (Wildman–Crippen MR) is 164 cm³/mol. The maximum atomic E-state index is 14.7. The third-order valence-corrected chi connectivity index (χ3v) is 9.84. The molecule has 0 aromatic heterocycles. The summed E-state index contributed by atoms with van der Waals surface area (Å²) in [5.41, 5.74) is 2.02. The molecule has 1 spiro atoms. The Bertz CT molecular complexity index is 1510. The van der Waals surface area contributed by atoms with Crippen LogP contribution in [-0.2, 0) is 25.5 Å². The molecule has 0 aliphatic carbocycles. The second kappa shape index (κ2) is 11.2. The van der Waals surface area contributed by atoms with E-state index >= 15 is 0 Å². The van der Waals surface area contributed by atoms with Gasteiger partial charge in [0.1, 0.15) is 11.6 Å². The van der Waals surface area contributed by atoms with Crippen molar-refractivity contribution >= 4 is 29.1 Å². The molecule has 3 amide bonds. The lowest BCUT2D eigenvalue weighted by Gasteiger charge is -2.37. The van der Waals surface area contributed by atoms with Crippen LogP contribution >= 0.6 is 0 Å². The Kier molecular flexibility index (Phi) is 7.60. The van der Waals surface area contributed by atoms with Crippen LogP contribution in [-0.4, -0.2) is 57.6 Å². The minimum atomic E-state index is -1.20. The number of para-hydroxylation sites is 2. The van der Waals surface area contributed by atoms with E-state index in [1.807, 2.05) is 99.6 Å². The Balaban J connectivity index is 1.43. The van der Waals surface area contributed by atoms with Gasteiger partial charge in [-0.2, -0.15) is 0 Å². The van der Waals surface area contributed by atoms with Gasteiger partial charge in [0.2, 0.25) is 17.7 Å². The van der Waals surface area contributed by atoms with Crippen LogP contribution in [0.1, 0.15) is 42.9 Å². The quantitative estimate of drug-likeness (QED) is 0.341. The molecule has 0 radical (unpaired) electrons. The van der Waals surface area contributed by atoms with Crippen LogP contribution in [0.4, 0.5) is 11.4 Å². The summed E-state index contributed by atoms with van der Waals surface area (Å²) in [6, 6.07) is 22.9. The van der Waals surface area contributed by atoms with Crippen molar-refractivity contribution in [3.63, 3.8) is 0 Å². The highest BCUT2D eigenvalue weighted by Crippen LogP contribution is 2.64. The summed E-state index contributed by atoms with van der Waals surface area (Å²) in [6.45, 7) is 5.50. The first-order valence-corrected chi connectivity index (χ1v) is 15.1. The van der Waals surface area contributed by atoms with Gasteiger partial charge in [0.15, 0.2) is 0 Å². The second-order valence-corrected chi connectivity index (χ2v) is 12.2. The lowest BCUT2D eigenvalue weighted by atomic mass is 9.65. The molecule has 6 atom stereocenters. The predicted octanol–water partition coefficient (Wildman–Crippen LogP) is 4.64. The number of anilines is 2. The van der Waals surface area contributed by atoms with Gasteiger partial charge in [-0.25, -0.2) is 0 Å². The van der Waals surface area contributed by atoms with Crippen molar-refractivity contribution in [2.24, 2.45) is 11.8 Å². The zero-order valence-electron chi connectivity index (χ0n) is 24.9. The van der Waals surface area contributed by atoms with Crippen molar-refractivity contribution in [1.82, 2.24) is 4.90 Å². The van der Waals surface area contributed by atoms with Crippen molar-refractivity contribution in [1.29, 1.82) is 0 Å². The number of aliphatic hydroxyl groups is 1. The van der Waals surface area contributed by atoms with Gasteiger partial charge in [0, 0.05) is 11.4 Å². The highest BCUT2D eigenvalue weighted by atomic mass is 16.5. The maximum absolute atomic E-state index is 14.7. The van der Waals surface area contributed by atoms with E-state index in [4.69, 9.17) is 4.74 Å².